The van der Waals surface area contributed by atoms with Crippen molar-refractivity contribution < 1.29 is 4.79 Å². The molecule has 0 aromatic rings. The van der Waals surface area contributed by atoms with Crippen LogP contribution in [0.5, 0.6) is 0 Å². The molecule has 1 aliphatic rings. The third-order valence-electron chi connectivity index (χ3n) is 3.42. The predicted octanol–water partition coefficient (Wildman–Crippen LogP) is 2.34. The monoisotopic (exact) mass is 454 g/mol. The highest BCUT2D eigenvalue weighted by Gasteiger charge is 2.27. The van der Waals surface area contributed by atoms with Crippen LogP contribution in [0.2, 0.25) is 0 Å². The predicted molar refractivity (Wildman–Crippen MR) is 112 cm³/mol. The number of hydrogen-bond donors (Lipinski definition) is 2. The van der Waals surface area contributed by atoms with E-state index in [1.807, 2.05) is 36.6 Å². The molecule has 0 saturated carbocycles. The van der Waals surface area contributed by atoms with E-state index in [9.17, 15) is 4.79 Å². The van der Waals surface area contributed by atoms with Crippen LogP contribution in [0.1, 0.15) is 27.2 Å². The van der Waals surface area contributed by atoms with Crippen LogP contribution in [0, 0.1) is 5.92 Å². The average Bonchev–Trinajstić information content (AvgIpc) is 2.94. The maximum absolute atomic E-state index is 12.0. The van der Waals surface area contributed by atoms with Gasteiger partial charge in [0.2, 0.25) is 5.91 Å². The number of halogens is 1. The molecule has 1 aliphatic heterocycles. The molecular formula is C16H31IN4OS. The summed E-state index contributed by atoms with van der Waals surface area (Å²) in [7, 11) is 0. The van der Waals surface area contributed by atoms with Gasteiger partial charge in [-0.1, -0.05) is 19.9 Å². The Bertz CT molecular complexity index is 390. The van der Waals surface area contributed by atoms with E-state index < -0.39 is 0 Å². The number of nitrogens with one attached hydrogen (secondary N) is 2. The van der Waals surface area contributed by atoms with Gasteiger partial charge in [-0.3, -0.25) is 9.79 Å². The number of likely N-dealkylation sites (tertiary alicyclic amines) is 1. The maximum atomic E-state index is 12.0. The molecule has 23 heavy (non-hydrogen) atoms. The number of guanidine groups is 1. The van der Waals surface area contributed by atoms with Crippen molar-refractivity contribution in [3.05, 3.63) is 12.7 Å². The molecule has 134 valence electrons. The van der Waals surface area contributed by atoms with E-state index >= 15 is 0 Å². The first-order valence-corrected chi connectivity index (χ1v) is 9.26. The number of rotatable bonds is 8. The Morgan fingerprint density at radius 3 is 2.87 bits per heavy atom. The molecule has 1 rings (SSSR count). The van der Waals surface area contributed by atoms with E-state index in [-0.39, 0.29) is 35.8 Å². The molecule has 1 fully saturated rings. The summed E-state index contributed by atoms with van der Waals surface area (Å²) in [6.07, 6.45) is 2.89. The van der Waals surface area contributed by atoms with E-state index in [1.54, 1.807) is 0 Å². The second-order valence-corrected chi connectivity index (χ2v) is 6.84. The molecule has 1 amide bonds. The molecule has 0 bridgehead atoms. The van der Waals surface area contributed by atoms with Crippen LogP contribution < -0.4 is 10.6 Å². The third-order valence-corrected chi connectivity index (χ3v) is 4.36. The normalized spacial score (nSPS) is 17.8. The summed E-state index contributed by atoms with van der Waals surface area (Å²) in [4.78, 5) is 18.6. The van der Waals surface area contributed by atoms with Crippen LogP contribution in [0.25, 0.3) is 0 Å². The molecule has 0 radical (unpaired) electrons. The van der Waals surface area contributed by atoms with Gasteiger partial charge in [0, 0.05) is 43.1 Å². The lowest BCUT2D eigenvalue weighted by molar-refractivity contribution is -0.133. The van der Waals surface area contributed by atoms with Crippen LogP contribution in [0.4, 0.5) is 0 Å². The smallest absolute Gasteiger partial charge is 0.225 e. The zero-order valence-electron chi connectivity index (χ0n) is 14.5. The third kappa shape index (κ3) is 8.83. The molecule has 1 atom stereocenters. The van der Waals surface area contributed by atoms with Gasteiger partial charge >= 0.3 is 0 Å². The van der Waals surface area contributed by atoms with Gasteiger partial charge in [0.05, 0.1) is 6.54 Å². The molecule has 1 unspecified atom stereocenters. The molecular weight excluding hydrogens is 423 g/mol. The zero-order valence-corrected chi connectivity index (χ0v) is 17.7. The minimum absolute atomic E-state index is 0. The fourth-order valence-corrected chi connectivity index (χ4v) is 2.90. The van der Waals surface area contributed by atoms with Crippen LogP contribution in [-0.2, 0) is 4.79 Å². The average molecular weight is 454 g/mol. The SMILES string of the molecule is C=CCSCCN=C(NCC)NC1CCN(C(=O)C(C)C)C1.I. The summed E-state index contributed by atoms with van der Waals surface area (Å²) in [5.74, 6) is 3.12. The lowest BCUT2D eigenvalue weighted by Crippen LogP contribution is -2.45. The van der Waals surface area contributed by atoms with Gasteiger partial charge in [-0.2, -0.15) is 11.8 Å². The first kappa shape index (κ1) is 22.6. The topological polar surface area (TPSA) is 56.7 Å². The summed E-state index contributed by atoms with van der Waals surface area (Å²) in [6.45, 7) is 12.9. The maximum Gasteiger partial charge on any atom is 0.225 e. The van der Waals surface area contributed by atoms with E-state index in [2.05, 4.69) is 29.1 Å². The van der Waals surface area contributed by atoms with Gasteiger partial charge in [-0.15, -0.1) is 30.6 Å². The molecule has 1 heterocycles. The Balaban J connectivity index is 0.00000484. The van der Waals surface area contributed by atoms with Crippen molar-refractivity contribution in [2.75, 3.05) is 37.7 Å². The number of amides is 1. The van der Waals surface area contributed by atoms with E-state index in [4.69, 9.17) is 0 Å². The lowest BCUT2D eigenvalue weighted by atomic mass is 10.2. The van der Waals surface area contributed by atoms with Crippen LogP contribution >= 0.6 is 35.7 Å². The van der Waals surface area contributed by atoms with Gasteiger partial charge in [0.25, 0.3) is 0 Å². The molecule has 5 nitrogen and oxygen atoms in total. The molecule has 0 spiro atoms. The fraction of sp³-hybridized carbons (Fsp3) is 0.750. The fourth-order valence-electron chi connectivity index (χ4n) is 2.35. The summed E-state index contributed by atoms with van der Waals surface area (Å²) in [5.41, 5.74) is 0. The van der Waals surface area contributed by atoms with Gasteiger partial charge in [0.15, 0.2) is 5.96 Å². The van der Waals surface area contributed by atoms with Gasteiger partial charge in [-0.05, 0) is 13.3 Å². The van der Waals surface area contributed by atoms with Crippen molar-refractivity contribution in [3.8, 4) is 0 Å². The summed E-state index contributed by atoms with van der Waals surface area (Å²) < 4.78 is 0. The number of carbonyl (C=O) groups is 1. The largest absolute Gasteiger partial charge is 0.357 e. The van der Waals surface area contributed by atoms with E-state index in [0.29, 0.717) is 6.04 Å². The van der Waals surface area contributed by atoms with Crippen molar-refractivity contribution in [3.63, 3.8) is 0 Å². The second kappa shape index (κ2) is 12.9. The highest BCUT2D eigenvalue weighted by molar-refractivity contribution is 14.0. The molecule has 0 aromatic carbocycles. The first-order chi connectivity index (χ1) is 10.6. The molecule has 7 heteroatoms. The van der Waals surface area contributed by atoms with Gasteiger partial charge < -0.3 is 15.5 Å². The highest BCUT2D eigenvalue weighted by Crippen LogP contribution is 2.12. The van der Waals surface area contributed by atoms with Crippen molar-refractivity contribution >= 4 is 47.6 Å². The number of hydrogen-bond acceptors (Lipinski definition) is 3. The highest BCUT2D eigenvalue weighted by atomic mass is 127. The summed E-state index contributed by atoms with van der Waals surface area (Å²) in [6, 6.07) is 0.293. The Morgan fingerprint density at radius 1 is 1.52 bits per heavy atom. The van der Waals surface area contributed by atoms with Crippen molar-refractivity contribution in [1.29, 1.82) is 0 Å². The number of carbonyl (C=O) groups excluding carboxylic acids is 1. The minimum Gasteiger partial charge on any atom is -0.357 e. The first-order valence-electron chi connectivity index (χ1n) is 8.10. The van der Waals surface area contributed by atoms with E-state index in [0.717, 1.165) is 50.1 Å². The zero-order chi connectivity index (χ0) is 16.4. The van der Waals surface area contributed by atoms with Gasteiger partial charge in [0.1, 0.15) is 0 Å². The molecule has 1 saturated heterocycles. The molecule has 0 aliphatic carbocycles. The van der Waals surface area contributed by atoms with Crippen LogP contribution in [0.3, 0.4) is 0 Å². The van der Waals surface area contributed by atoms with Crippen LogP contribution in [0.15, 0.2) is 17.6 Å². The number of nitrogens with zero attached hydrogens (tertiary/aromatic N) is 2. The molecule has 0 aromatic heterocycles. The quantitative estimate of drug-likeness (QED) is 0.194. The van der Waals surface area contributed by atoms with E-state index in [1.165, 1.54) is 0 Å². The van der Waals surface area contributed by atoms with Gasteiger partial charge in [-0.25, -0.2) is 0 Å². The summed E-state index contributed by atoms with van der Waals surface area (Å²) >= 11 is 1.83. The number of aliphatic imine (C=N–C) groups is 1. The standard InChI is InChI=1S/C16H30N4OS.HI/c1-5-10-22-11-8-18-16(17-6-2)19-14-7-9-20(12-14)15(21)13(3)4;/h5,13-14H,1,6-12H2,2-4H3,(H2,17,18,19);1H. The summed E-state index contributed by atoms with van der Waals surface area (Å²) in [5, 5.41) is 6.72. The Kier molecular flexibility index (Phi) is 12.7. The molecule has 2 N–H and O–H groups in total. The van der Waals surface area contributed by atoms with Crippen LogP contribution in [-0.4, -0.2) is 60.5 Å². The lowest BCUT2D eigenvalue weighted by Gasteiger charge is -2.20. The Hall–Kier alpha value is -0.440. The second-order valence-electron chi connectivity index (χ2n) is 5.69. The van der Waals surface area contributed by atoms with Crippen molar-refractivity contribution in [2.45, 2.75) is 33.2 Å². The Morgan fingerprint density at radius 2 is 2.26 bits per heavy atom. The number of thioether (sulfide) groups is 1. The van der Waals surface area contributed by atoms with Crippen molar-refractivity contribution in [1.82, 2.24) is 15.5 Å². The van der Waals surface area contributed by atoms with Crippen molar-refractivity contribution in [2.24, 2.45) is 10.9 Å². The minimum atomic E-state index is 0. The Labute approximate surface area is 162 Å².